The highest BCUT2D eigenvalue weighted by Gasteiger charge is 2.31. The van der Waals surface area contributed by atoms with Crippen molar-refractivity contribution in [1.29, 1.82) is 0 Å². The number of nitrogens with one attached hydrogen (secondary N) is 1. The Balaban J connectivity index is 1.63. The van der Waals surface area contributed by atoms with Crippen LogP contribution in [0.1, 0.15) is 12.0 Å². The summed E-state index contributed by atoms with van der Waals surface area (Å²) in [5.74, 6) is 1.44. The van der Waals surface area contributed by atoms with E-state index in [0.717, 1.165) is 29.8 Å². The predicted molar refractivity (Wildman–Crippen MR) is 118 cm³/mol. The molecule has 4 rings (SSSR count). The van der Waals surface area contributed by atoms with Gasteiger partial charge in [0, 0.05) is 49.7 Å². The average molecular weight is 428 g/mol. The summed E-state index contributed by atoms with van der Waals surface area (Å²) in [5.41, 5.74) is 8.09. The van der Waals surface area contributed by atoms with Crippen LogP contribution in [0.15, 0.2) is 12.4 Å². The fraction of sp³-hybridized carbons (Fsp3) is 0.550. The molecule has 11 heteroatoms. The molecule has 0 bridgehead atoms. The lowest BCUT2D eigenvalue weighted by Gasteiger charge is -2.28. The second-order valence-electron chi connectivity index (χ2n) is 7.89. The second-order valence-corrected chi connectivity index (χ2v) is 7.89. The van der Waals surface area contributed by atoms with Gasteiger partial charge in [-0.2, -0.15) is 4.98 Å². The molecule has 0 unspecified atom stereocenters. The third kappa shape index (κ3) is 4.83. The van der Waals surface area contributed by atoms with Crippen molar-refractivity contribution in [3.05, 3.63) is 18.0 Å². The first-order chi connectivity index (χ1) is 15.0. The molecular weight excluding hydrogens is 398 g/mol. The van der Waals surface area contributed by atoms with Gasteiger partial charge in [0.2, 0.25) is 11.9 Å². The van der Waals surface area contributed by atoms with Gasteiger partial charge >= 0.3 is 6.03 Å². The molecule has 0 spiro atoms. The molecule has 31 heavy (non-hydrogen) atoms. The molecular formula is C20H29N9O2. The number of hydrogen-bond donors (Lipinski definition) is 2. The minimum Gasteiger partial charge on any atom is -0.378 e. The highest BCUT2D eigenvalue weighted by atomic mass is 16.5. The van der Waals surface area contributed by atoms with Crippen LogP contribution in [0.5, 0.6) is 0 Å². The summed E-state index contributed by atoms with van der Waals surface area (Å²) in [7, 11) is 4.04. The van der Waals surface area contributed by atoms with Gasteiger partial charge in [0.05, 0.1) is 18.9 Å². The highest BCUT2D eigenvalue weighted by molar-refractivity contribution is 5.94. The van der Waals surface area contributed by atoms with Crippen LogP contribution in [0.25, 0.3) is 11.3 Å². The molecule has 0 saturated carbocycles. The number of amides is 2. The van der Waals surface area contributed by atoms with Crippen molar-refractivity contribution in [3.8, 4) is 11.3 Å². The Morgan fingerprint density at radius 3 is 2.65 bits per heavy atom. The van der Waals surface area contributed by atoms with Gasteiger partial charge in [0.15, 0.2) is 0 Å². The van der Waals surface area contributed by atoms with Gasteiger partial charge in [-0.15, -0.1) is 0 Å². The average Bonchev–Trinajstić information content (AvgIpc) is 3.21. The number of carbonyl (C=O) groups is 1. The van der Waals surface area contributed by atoms with Crippen LogP contribution < -0.4 is 20.9 Å². The van der Waals surface area contributed by atoms with E-state index in [9.17, 15) is 4.79 Å². The number of rotatable bonds is 6. The summed E-state index contributed by atoms with van der Waals surface area (Å²) >= 11 is 0. The zero-order chi connectivity index (χ0) is 21.8. The number of ether oxygens (including phenoxy) is 1. The molecule has 2 aliphatic heterocycles. The van der Waals surface area contributed by atoms with Gasteiger partial charge in [-0.25, -0.2) is 19.7 Å². The van der Waals surface area contributed by atoms with Crippen LogP contribution in [0.3, 0.4) is 0 Å². The van der Waals surface area contributed by atoms with E-state index in [4.69, 9.17) is 20.4 Å². The first kappa shape index (κ1) is 21.2. The Bertz CT molecular complexity index is 914. The third-order valence-corrected chi connectivity index (χ3v) is 5.36. The summed E-state index contributed by atoms with van der Waals surface area (Å²) in [6, 6.07) is -0.136. The van der Waals surface area contributed by atoms with E-state index >= 15 is 0 Å². The van der Waals surface area contributed by atoms with Gasteiger partial charge < -0.3 is 25.6 Å². The Kier molecular flexibility index (Phi) is 6.42. The number of nitrogen functional groups attached to an aromatic ring is 1. The fourth-order valence-electron chi connectivity index (χ4n) is 3.73. The van der Waals surface area contributed by atoms with Crippen molar-refractivity contribution in [2.45, 2.75) is 12.8 Å². The maximum absolute atomic E-state index is 12.9. The minimum absolute atomic E-state index is 0.136. The Hall–Kier alpha value is -3.05. The molecule has 4 heterocycles. The van der Waals surface area contributed by atoms with E-state index in [-0.39, 0.29) is 12.0 Å². The third-order valence-electron chi connectivity index (χ3n) is 5.36. The zero-order valence-electron chi connectivity index (χ0n) is 18.0. The van der Waals surface area contributed by atoms with Crippen molar-refractivity contribution in [3.63, 3.8) is 0 Å². The van der Waals surface area contributed by atoms with Crippen LogP contribution >= 0.6 is 0 Å². The maximum Gasteiger partial charge on any atom is 0.323 e. The number of aromatic nitrogens is 4. The summed E-state index contributed by atoms with van der Waals surface area (Å²) in [5, 5.41) is 3.01. The van der Waals surface area contributed by atoms with E-state index in [2.05, 4.69) is 25.1 Å². The molecule has 0 radical (unpaired) electrons. The Morgan fingerprint density at radius 2 is 1.94 bits per heavy atom. The van der Waals surface area contributed by atoms with Crippen molar-refractivity contribution in [2.24, 2.45) is 0 Å². The first-order valence-electron chi connectivity index (χ1n) is 10.5. The van der Waals surface area contributed by atoms with Gasteiger partial charge in [-0.1, -0.05) is 0 Å². The van der Waals surface area contributed by atoms with Gasteiger partial charge in [-0.3, -0.25) is 4.90 Å². The van der Waals surface area contributed by atoms with Gasteiger partial charge in [0.1, 0.15) is 5.82 Å². The zero-order valence-corrected chi connectivity index (χ0v) is 18.0. The van der Waals surface area contributed by atoms with Crippen molar-refractivity contribution >= 4 is 23.7 Å². The number of hydrogen-bond acceptors (Lipinski definition) is 9. The molecule has 2 aliphatic rings. The minimum atomic E-state index is -0.136. The van der Waals surface area contributed by atoms with Crippen LogP contribution in [-0.4, -0.2) is 90.9 Å². The molecule has 11 nitrogen and oxygen atoms in total. The number of fused-ring (bicyclic) bond motifs is 1. The fourth-order valence-corrected chi connectivity index (χ4v) is 3.73. The monoisotopic (exact) mass is 427 g/mol. The van der Waals surface area contributed by atoms with Crippen molar-refractivity contribution in [1.82, 2.24) is 30.2 Å². The van der Waals surface area contributed by atoms with E-state index in [1.165, 1.54) is 0 Å². The molecule has 0 aliphatic carbocycles. The smallest absolute Gasteiger partial charge is 0.323 e. The SMILES string of the molecule is CN(C)CCCNC(=O)N1CCc2c(-c3cnc(N)nc3)nc(N3CCOCC3)nc21. The number of morpholine rings is 1. The van der Waals surface area contributed by atoms with Crippen molar-refractivity contribution in [2.75, 3.05) is 75.6 Å². The lowest BCUT2D eigenvalue weighted by atomic mass is 10.1. The van der Waals surface area contributed by atoms with Gasteiger partial charge in [-0.05, 0) is 33.5 Å². The van der Waals surface area contributed by atoms with E-state index < -0.39 is 0 Å². The standard InChI is InChI=1S/C20H29N9O2/c1-27(2)6-3-5-22-20(30)29-7-4-15-16(14-12-23-18(21)24-13-14)25-19(26-17(15)29)28-8-10-31-11-9-28/h12-13H,3-11H2,1-2H3,(H,22,30)(H2,21,23,24). The molecule has 0 atom stereocenters. The lowest BCUT2D eigenvalue weighted by molar-refractivity contribution is 0.122. The molecule has 2 aromatic heterocycles. The quantitative estimate of drug-likeness (QED) is 0.629. The van der Waals surface area contributed by atoms with Crippen LogP contribution in [-0.2, 0) is 11.2 Å². The Labute approximate surface area is 181 Å². The number of carbonyl (C=O) groups excluding carboxylic acids is 1. The molecule has 2 amide bonds. The first-order valence-corrected chi connectivity index (χ1v) is 10.5. The maximum atomic E-state index is 12.9. The van der Waals surface area contributed by atoms with Gasteiger partial charge in [0.25, 0.3) is 0 Å². The molecule has 166 valence electrons. The predicted octanol–water partition coefficient (Wildman–Crippen LogP) is 0.376. The van der Waals surface area contributed by atoms with Crippen LogP contribution in [0, 0.1) is 0 Å². The molecule has 1 fully saturated rings. The topological polar surface area (TPSA) is 126 Å². The molecule has 0 aromatic carbocycles. The number of anilines is 3. The van der Waals surface area contributed by atoms with E-state index in [1.54, 1.807) is 17.3 Å². The molecule has 1 saturated heterocycles. The van der Waals surface area contributed by atoms with E-state index in [0.29, 0.717) is 57.6 Å². The number of nitrogens with zero attached hydrogens (tertiary/aromatic N) is 7. The summed E-state index contributed by atoms with van der Waals surface area (Å²) in [4.78, 5) is 36.6. The normalized spacial score (nSPS) is 16.0. The molecule has 2 aromatic rings. The number of urea groups is 1. The van der Waals surface area contributed by atoms with Crippen molar-refractivity contribution < 1.29 is 9.53 Å². The van der Waals surface area contributed by atoms with Crippen LogP contribution in [0.2, 0.25) is 0 Å². The van der Waals surface area contributed by atoms with E-state index in [1.807, 2.05) is 14.1 Å². The second kappa shape index (κ2) is 9.40. The summed E-state index contributed by atoms with van der Waals surface area (Å²) in [6.07, 6.45) is 4.88. The van der Waals surface area contributed by atoms with Crippen LogP contribution in [0.4, 0.5) is 22.5 Å². The largest absolute Gasteiger partial charge is 0.378 e. The lowest BCUT2D eigenvalue weighted by Crippen LogP contribution is -2.41. The highest BCUT2D eigenvalue weighted by Crippen LogP contribution is 2.35. The summed E-state index contributed by atoms with van der Waals surface area (Å²) in [6.45, 7) is 4.73. The molecule has 3 N–H and O–H groups in total. The number of nitrogens with two attached hydrogens (primary N) is 1. The summed E-state index contributed by atoms with van der Waals surface area (Å²) < 4.78 is 5.46. The Morgan fingerprint density at radius 1 is 1.19 bits per heavy atom.